The molecule has 0 saturated carbocycles. The molecule has 2 aromatic rings. The van der Waals surface area contributed by atoms with Gasteiger partial charge in [0.05, 0.1) is 0 Å². The molecule has 2 rings (SSSR count). The van der Waals surface area contributed by atoms with Crippen LogP contribution in [0.1, 0.15) is 15.9 Å². The summed E-state index contributed by atoms with van der Waals surface area (Å²) in [6, 6.07) is 8.44. The van der Waals surface area contributed by atoms with E-state index in [1.54, 1.807) is 13.0 Å². The van der Waals surface area contributed by atoms with E-state index in [4.69, 9.17) is 4.74 Å². The van der Waals surface area contributed by atoms with E-state index in [1.165, 1.54) is 24.3 Å². The van der Waals surface area contributed by atoms with E-state index in [0.717, 1.165) is 6.07 Å². The van der Waals surface area contributed by atoms with Crippen molar-refractivity contribution >= 4 is 27.7 Å². The van der Waals surface area contributed by atoms with Crippen molar-refractivity contribution < 1.29 is 23.1 Å². The fourth-order valence-corrected chi connectivity index (χ4v) is 2.33. The summed E-state index contributed by atoms with van der Waals surface area (Å²) in [5.41, 5.74) is 0.657. The summed E-state index contributed by atoms with van der Waals surface area (Å²) in [7, 11) is 0. The van der Waals surface area contributed by atoms with Gasteiger partial charge in [-0.3, -0.25) is 9.59 Å². The number of ether oxygens (including phenoxy) is 1. The van der Waals surface area contributed by atoms with Gasteiger partial charge >= 0.3 is 0 Å². The standard InChI is InChI=1S/C18H17BrF2N2O3/c1-11-2-3-12(8-14(11)20)18(25)23-7-6-22-17(24)10-26-16-5-4-13(19)9-15(16)21/h2-5,8-9H,6-7,10H2,1H3,(H,22,24)(H,23,25). The van der Waals surface area contributed by atoms with Gasteiger partial charge in [-0.2, -0.15) is 0 Å². The predicted octanol–water partition coefficient (Wildman–Crippen LogP) is 2.96. The van der Waals surface area contributed by atoms with Gasteiger partial charge in [-0.1, -0.05) is 22.0 Å². The molecule has 0 fully saturated rings. The topological polar surface area (TPSA) is 67.4 Å². The third-order valence-corrected chi connectivity index (χ3v) is 3.91. The highest BCUT2D eigenvalue weighted by molar-refractivity contribution is 9.10. The maximum absolute atomic E-state index is 13.5. The zero-order valence-corrected chi connectivity index (χ0v) is 15.5. The molecule has 8 heteroatoms. The molecule has 0 aliphatic rings. The summed E-state index contributed by atoms with van der Waals surface area (Å²) in [6.45, 7) is 1.57. The first kappa shape index (κ1) is 19.8. The molecule has 0 heterocycles. The maximum atomic E-state index is 13.5. The number of nitrogens with one attached hydrogen (secondary N) is 2. The van der Waals surface area contributed by atoms with Gasteiger partial charge in [0.1, 0.15) is 5.82 Å². The number of carbonyl (C=O) groups excluding carboxylic acids is 2. The van der Waals surface area contributed by atoms with Crippen LogP contribution >= 0.6 is 15.9 Å². The third kappa shape index (κ3) is 5.80. The summed E-state index contributed by atoms with van der Waals surface area (Å²) in [6.07, 6.45) is 0. The second-order valence-electron chi connectivity index (χ2n) is 5.43. The number of carbonyl (C=O) groups is 2. The molecule has 2 aromatic carbocycles. The van der Waals surface area contributed by atoms with Crippen LogP contribution in [0.15, 0.2) is 40.9 Å². The van der Waals surface area contributed by atoms with E-state index in [1.807, 2.05) is 0 Å². The van der Waals surface area contributed by atoms with Crippen molar-refractivity contribution in [3.63, 3.8) is 0 Å². The Balaban J connectivity index is 1.69. The summed E-state index contributed by atoms with van der Waals surface area (Å²) in [5.74, 6) is -1.96. The van der Waals surface area contributed by atoms with Crippen molar-refractivity contribution in [1.29, 1.82) is 0 Å². The van der Waals surface area contributed by atoms with Gasteiger partial charge in [0, 0.05) is 23.1 Å². The van der Waals surface area contributed by atoms with Crippen LogP contribution in [0.2, 0.25) is 0 Å². The third-order valence-electron chi connectivity index (χ3n) is 3.42. The minimum absolute atomic E-state index is 0.0296. The highest BCUT2D eigenvalue weighted by Gasteiger charge is 2.09. The number of hydrogen-bond donors (Lipinski definition) is 2. The Morgan fingerprint density at radius 2 is 1.77 bits per heavy atom. The van der Waals surface area contributed by atoms with E-state index in [-0.39, 0.29) is 31.0 Å². The molecular weight excluding hydrogens is 410 g/mol. The lowest BCUT2D eigenvalue weighted by Crippen LogP contribution is -2.36. The predicted molar refractivity (Wildman–Crippen MR) is 96.1 cm³/mol. The first-order chi connectivity index (χ1) is 12.4. The van der Waals surface area contributed by atoms with Gasteiger partial charge in [-0.25, -0.2) is 8.78 Å². The minimum atomic E-state index is -0.579. The van der Waals surface area contributed by atoms with E-state index < -0.39 is 23.4 Å². The second-order valence-corrected chi connectivity index (χ2v) is 6.35. The molecule has 0 spiro atoms. The average Bonchev–Trinajstić information content (AvgIpc) is 2.60. The molecule has 0 aliphatic heterocycles. The highest BCUT2D eigenvalue weighted by Crippen LogP contribution is 2.21. The number of aryl methyl sites for hydroxylation is 1. The van der Waals surface area contributed by atoms with Crippen molar-refractivity contribution in [2.75, 3.05) is 19.7 Å². The van der Waals surface area contributed by atoms with Gasteiger partial charge < -0.3 is 15.4 Å². The molecule has 0 atom stereocenters. The Bertz CT molecular complexity index is 815. The molecule has 2 N–H and O–H groups in total. The molecule has 0 unspecified atom stereocenters. The number of amides is 2. The Morgan fingerprint density at radius 3 is 2.46 bits per heavy atom. The Kier molecular flexibility index (Phi) is 7.08. The number of halogens is 3. The summed E-state index contributed by atoms with van der Waals surface area (Å²) >= 11 is 3.12. The minimum Gasteiger partial charge on any atom is -0.481 e. The zero-order chi connectivity index (χ0) is 19.1. The Morgan fingerprint density at radius 1 is 1.04 bits per heavy atom. The van der Waals surface area contributed by atoms with Crippen LogP contribution in [0.25, 0.3) is 0 Å². The average molecular weight is 427 g/mol. The Labute approximate surface area is 157 Å². The van der Waals surface area contributed by atoms with E-state index in [9.17, 15) is 18.4 Å². The van der Waals surface area contributed by atoms with Crippen molar-refractivity contribution in [3.8, 4) is 5.75 Å². The van der Waals surface area contributed by atoms with E-state index in [2.05, 4.69) is 26.6 Å². The molecular formula is C18H17BrF2N2O3. The number of benzene rings is 2. The lowest BCUT2D eigenvalue weighted by Gasteiger charge is -2.09. The lowest BCUT2D eigenvalue weighted by molar-refractivity contribution is -0.123. The molecule has 5 nitrogen and oxygen atoms in total. The van der Waals surface area contributed by atoms with Crippen LogP contribution in [-0.4, -0.2) is 31.5 Å². The largest absolute Gasteiger partial charge is 0.481 e. The highest BCUT2D eigenvalue weighted by atomic mass is 79.9. The molecule has 138 valence electrons. The Hall–Kier alpha value is -2.48. The normalized spacial score (nSPS) is 10.3. The fraction of sp³-hybridized carbons (Fsp3) is 0.222. The molecule has 0 aromatic heterocycles. The summed E-state index contributed by atoms with van der Waals surface area (Å²) in [5, 5.41) is 5.09. The van der Waals surface area contributed by atoms with Crippen molar-refractivity contribution in [2.45, 2.75) is 6.92 Å². The quantitative estimate of drug-likeness (QED) is 0.668. The van der Waals surface area contributed by atoms with Crippen molar-refractivity contribution in [2.24, 2.45) is 0 Å². The summed E-state index contributed by atoms with van der Waals surface area (Å²) < 4.78 is 32.6. The molecule has 0 radical (unpaired) electrons. The van der Waals surface area contributed by atoms with Crippen LogP contribution in [0.3, 0.4) is 0 Å². The number of hydrogen-bond acceptors (Lipinski definition) is 3. The maximum Gasteiger partial charge on any atom is 0.258 e. The van der Waals surface area contributed by atoms with Gasteiger partial charge in [0.25, 0.3) is 11.8 Å². The van der Waals surface area contributed by atoms with Gasteiger partial charge in [0.2, 0.25) is 0 Å². The molecule has 0 saturated heterocycles. The molecule has 26 heavy (non-hydrogen) atoms. The monoisotopic (exact) mass is 426 g/mol. The van der Waals surface area contributed by atoms with Gasteiger partial charge in [-0.15, -0.1) is 0 Å². The lowest BCUT2D eigenvalue weighted by atomic mass is 10.1. The molecule has 2 amide bonds. The summed E-state index contributed by atoms with van der Waals surface area (Å²) in [4.78, 5) is 23.5. The molecule has 0 bridgehead atoms. The van der Waals surface area contributed by atoms with Crippen LogP contribution in [0.4, 0.5) is 8.78 Å². The van der Waals surface area contributed by atoms with E-state index >= 15 is 0 Å². The van der Waals surface area contributed by atoms with Crippen LogP contribution in [0, 0.1) is 18.6 Å². The second kappa shape index (κ2) is 9.28. The fourth-order valence-electron chi connectivity index (χ4n) is 2.00. The van der Waals surface area contributed by atoms with Crippen LogP contribution < -0.4 is 15.4 Å². The smallest absolute Gasteiger partial charge is 0.258 e. The first-order valence-corrected chi connectivity index (χ1v) is 8.55. The van der Waals surface area contributed by atoms with Crippen molar-refractivity contribution in [1.82, 2.24) is 10.6 Å². The van der Waals surface area contributed by atoms with Crippen LogP contribution in [-0.2, 0) is 4.79 Å². The molecule has 0 aliphatic carbocycles. The van der Waals surface area contributed by atoms with Crippen LogP contribution in [0.5, 0.6) is 5.75 Å². The number of rotatable bonds is 7. The van der Waals surface area contributed by atoms with E-state index in [0.29, 0.717) is 10.0 Å². The van der Waals surface area contributed by atoms with Crippen molar-refractivity contribution in [3.05, 3.63) is 63.6 Å². The van der Waals surface area contributed by atoms with Gasteiger partial charge in [0.15, 0.2) is 18.2 Å². The SMILES string of the molecule is Cc1ccc(C(=O)NCCNC(=O)COc2ccc(Br)cc2F)cc1F. The van der Waals surface area contributed by atoms with Gasteiger partial charge in [-0.05, 0) is 42.8 Å². The zero-order valence-electron chi connectivity index (χ0n) is 13.9. The first-order valence-electron chi connectivity index (χ1n) is 7.75.